The lowest BCUT2D eigenvalue weighted by Crippen LogP contribution is -2.19. The Balaban J connectivity index is 1.72. The van der Waals surface area contributed by atoms with Gasteiger partial charge in [0.1, 0.15) is 0 Å². The van der Waals surface area contributed by atoms with E-state index in [-0.39, 0.29) is 6.61 Å². The lowest BCUT2D eigenvalue weighted by Gasteiger charge is -2.14. The second-order valence-electron chi connectivity index (χ2n) is 5.63. The monoisotopic (exact) mass is 266 g/mol. The molecular weight excluding hydrogens is 244 g/mol. The summed E-state index contributed by atoms with van der Waals surface area (Å²) < 4.78 is 0. The molecule has 1 N–H and O–H groups in total. The SMILES string of the molecule is CCCC1CCN(c2nc(C3CC3)c(CO)s2)C1. The molecule has 0 aromatic carbocycles. The maximum absolute atomic E-state index is 9.44. The van der Waals surface area contributed by atoms with Gasteiger partial charge in [0, 0.05) is 19.0 Å². The van der Waals surface area contributed by atoms with Crippen LogP contribution in [0, 0.1) is 5.92 Å². The molecule has 2 heterocycles. The van der Waals surface area contributed by atoms with Crippen LogP contribution < -0.4 is 4.90 Å². The molecule has 0 radical (unpaired) electrons. The first kappa shape index (κ1) is 12.4. The minimum atomic E-state index is 0.162. The quantitative estimate of drug-likeness (QED) is 0.889. The van der Waals surface area contributed by atoms with E-state index in [1.165, 1.54) is 37.8 Å². The zero-order valence-corrected chi connectivity index (χ0v) is 11.9. The molecule has 2 fully saturated rings. The highest BCUT2D eigenvalue weighted by molar-refractivity contribution is 7.15. The van der Waals surface area contributed by atoms with E-state index >= 15 is 0 Å². The predicted molar refractivity (Wildman–Crippen MR) is 75.2 cm³/mol. The van der Waals surface area contributed by atoms with Crippen LogP contribution in [-0.2, 0) is 6.61 Å². The van der Waals surface area contributed by atoms with Crippen molar-refractivity contribution in [3.63, 3.8) is 0 Å². The molecule has 3 nitrogen and oxygen atoms in total. The van der Waals surface area contributed by atoms with Crippen LogP contribution in [0.5, 0.6) is 0 Å². The number of aliphatic hydroxyl groups excluding tert-OH is 1. The van der Waals surface area contributed by atoms with Crippen molar-refractivity contribution in [2.24, 2.45) is 5.92 Å². The minimum absolute atomic E-state index is 0.162. The van der Waals surface area contributed by atoms with Crippen LogP contribution in [0.1, 0.15) is 55.5 Å². The largest absolute Gasteiger partial charge is 0.391 e. The van der Waals surface area contributed by atoms with E-state index in [1.807, 2.05) is 0 Å². The Labute approximate surface area is 113 Å². The highest BCUT2D eigenvalue weighted by Crippen LogP contribution is 2.44. The van der Waals surface area contributed by atoms with Crippen LogP contribution in [0.15, 0.2) is 0 Å². The van der Waals surface area contributed by atoms with Crippen molar-refractivity contribution in [3.05, 3.63) is 10.6 Å². The Morgan fingerprint density at radius 3 is 2.89 bits per heavy atom. The first-order valence-corrected chi connectivity index (χ1v) is 7.98. The molecule has 18 heavy (non-hydrogen) atoms. The van der Waals surface area contributed by atoms with E-state index in [0.717, 1.165) is 29.0 Å². The fourth-order valence-corrected chi connectivity index (χ4v) is 3.97. The summed E-state index contributed by atoms with van der Waals surface area (Å²) in [5.74, 6) is 1.49. The van der Waals surface area contributed by atoms with Gasteiger partial charge in [-0.1, -0.05) is 24.7 Å². The fourth-order valence-electron chi connectivity index (χ4n) is 2.93. The molecule has 1 unspecified atom stereocenters. The number of hydrogen-bond donors (Lipinski definition) is 1. The van der Waals surface area contributed by atoms with Gasteiger partial charge in [0.25, 0.3) is 0 Å². The van der Waals surface area contributed by atoms with Crippen molar-refractivity contribution in [1.29, 1.82) is 0 Å². The summed E-state index contributed by atoms with van der Waals surface area (Å²) >= 11 is 1.71. The molecule has 1 saturated carbocycles. The van der Waals surface area contributed by atoms with Crippen molar-refractivity contribution >= 4 is 16.5 Å². The summed E-state index contributed by atoms with van der Waals surface area (Å²) in [6.07, 6.45) is 6.44. The molecule has 1 saturated heterocycles. The average Bonchev–Trinajstić information content (AvgIpc) is 2.96. The van der Waals surface area contributed by atoms with Gasteiger partial charge in [-0.25, -0.2) is 4.98 Å². The molecule has 1 aliphatic carbocycles. The zero-order valence-electron chi connectivity index (χ0n) is 11.1. The summed E-state index contributed by atoms with van der Waals surface area (Å²) in [7, 11) is 0. The molecule has 0 spiro atoms. The van der Waals surface area contributed by atoms with Crippen LogP contribution in [0.3, 0.4) is 0 Å². The van der Waals surface area contributed by atoms with Gasteiger partial charge in [0.15, 0.2) is 5.13 Å². The van der Waals surface area contributed by atoms with Crippen LogP contribution in [-0.4, -0.2) is 23.2 Å². The van der Waals surface area contributed by atoms with E-state index in [4.69, 9.17) is 4.98 Å². The number of nitrogens with zero attached hydrogens (tertiary/aromatic N) is 2. The van der Waals surface area contributed by atoms with Gasteiger partial charge in [-0.2, -0.15) is 0 Å². The van der Waals surface area contributed by atoms with Crippen LogP contribution in [0.25, 0.3) is 0 Å². The third-order valence-electron chi connectivity index (χ3n) is 4.08. The molecule has 1 aromatic heterocycles. The second kappa shape index (κ2) is 5.17. The van der Waals surface area contributed by atoms with E-state index in [1.54, 1.807) is 11.3 Å². The van der Waals surface area contributed by atoms with Crippen LogP contribution >= 0.6 is 11.3 Å². The molecule has 0 bridgehead atoms. The molecule has 2 aliphatic rings. The molecule has 1 aromatic rings. The van der Waals surface area contributed by atoms with E-state index < -0.39 is 0 Å². The summed E-state index contributed by atoms with van der Waals surface area (Å²) in [5.41, 5.74) is 1.19. The van der Waals surface area contributed by atoms with Crippen LogP contribution in [0.2, 0.25) is 0 Å². The summed E-state index contributed by atoms with van der Waals surface area (Å²) in [6.45, 7) is 4.74. The Kier molecular flexibility index (Phi) is 3.57. The van der Waals surface area contributed by atoms with E-state index in [0.29, 0.717) is 5.92 Å². The Bertz CT molecular complexity index is 414. The third kappa shape index (κ3) is 2.41. The first-order valence-electron chi connectivity index (χ1n) is 7.17. The third-order valence-corrected chi connectivity index (χ3v) is 5.19. The normalized spacial score (nSPS) is 23.9. The summed E-state index contributed by atoms with van der Waals surface area (Å²) in [4.78, 5) is 8.33. The second-order valence-corrected chi connectivity index (χ2v) is 6.69. The molecule has 0 amide bonds. The molecule has 1 atom stereocenters. The van der Waals surface area contributed by atoms with Gasteiger partial charge in [0.2, 0.25) is 0 Å². The number of aliphatic hydroxyl groups is 1. The number of hydrogen-bond acceptors (Lipinski definition) is 4. The molecule has 1 aliphatic heterocycles. The lowest BCUT2D eigenvalue weighted by molar-refractivity contribution is 0.284. The number of aromatic nitrogens is 1. The van der Waals surface area contributed by atoms with E-state index in [2.05, 4.69) is 11.8 Å². The first-order chi connectivity index (χ1) is 8.81. The van der Waals surface area contributed by atoms with Crippen molar-refractivity contribution in [2.75, 3.05) is 18.0 Å². The fraction of sp³-hybridized carbons (Fsp3) is 0.786. The van der Waals surface area contributed by atoms with E-state index in [9.17, 15) is 5.11 Å². The highest BCUT2D eigenvalue weighted by Gasteiger charge is 2.31. The van der Waals surface area contributed by atoms with Crippen molar-refractivity contribution < 1.29 is 5.11 Å². The Morgan fingerprint density at radius 2 is 2.22 bits per heavy atom. The topological polar surface area (TPSA) is 36.4 Å². The highest BCUT2D eigenvalue weighted by atomic mass is 32.1. The standard InChI is InChI=1S/C14H22N2OS/c1-2-3-10-6-7-16(8-10)14-15-13(11-4-5-11)12(9-17)18-14/h10-11,17H,2-9H2,1H3. The molecule has 4 heteroatoms. The van der Waals surface area contributed by atoms with Crippen molar-refractivity contribution in [1.82, 2.24) is 4.98 Å². The smallest absolute Gasteiger partial charge is 0.185 e. The molecular formula is C14H22N2OS. The van der Waals surface area contributed by atoms with Gasteiger partial charge in [-0.15, -0.1) is 0 Å². The van der Waals surface area contributed by atoms with Gasteiger partial charge in [-0.3, -0.25) is 0 Å². The van der Waals surface area contributed by atoms with Gasteiger partial charge >= 0.3 is 0 Å². The maximum atomic E-state index is 9.44. The molecule has 3 rings (SSSR count). The predicted octanol–water partition coefficient (Wildman–Crippen LogP) is 3.14. The lowest BCUT2D eigenvalue weighted by atomic mass is 10.0. The number of anilines is 1. The minimum Gasteiger partial charge on any atom is -0.391 e. The molecule has 100 valence electrons. The Hall–Kier alpha value is -0.610. The number of rotatable bonds is 5. The summed E-state index contributed by atoms with van der Waals surface area (Å²) in [6, 6.07) is 0. The Morgan fingerprint density at radius 1 is 1.39 bits per heavy atom. The van der Waals surface area contributed by atoms with Crippen molar-refractivity contribution in [2.45, 2.75) is 51.6 Å². The van der Waals surface area contributed by atoms with Gasteiger partial charge in [-0.05, 0) is 31.6 Å². The number of thiazole rings is 1. The zero-order chi connectivity index (χ0) is 12.5. The van der Waals surface area contributed by atoms with Crippen LogP contribution in [0.4, 0.5) is 5.13 Å². The van der Waals surface area contributed by atoms with Gasteiger partial charge in [0.05, 0.1) is 17.2 Å². The maximum Gasteiger partial charge on any atom is 0.185 e. The van der Waals surface area contributed by atoms with Crippen molar-refractivity contribution in [3.8, 4) is 0 Å². The average molecular weight is 266 g/mol. The van der Waals surface area contributed by atoms with Gasteiger partial charge < -0.3 is 10.0 Å². The summed E-state index contributed by atoms with van der Waals surface area (Å²) in [5, 5.41) is 10.6.